The van der Waals surface area contributed by atoms with Crippen LogP contribution in [0.2, 0.25) is 5.02 Å². The molecule has 0 spiro atoms. The van der Waals surface area contributed by atoms with E-state index in [1.54, 1.807) is 18.2 Å². The van der Waals surface area contributed by atoms with Gasteiger partial charge in [-0.25, -0.2) is 4.90 Å². The Morgan fingerprint density at radius 2 is 1.94 bits per heavy atom. The molecule has 1 aromatic carbocycles. The van der Waals surface area contributed by atoms with Gasteiger partial charge in [-0.2, -0.15) is 0 Å². The molecule has 1 aliphatic heterocycles. The number of nitrogens with one attached hydrogen (secondary N) is 1. The molecule has 0 radical (unpaired) electrons. The van der Waals surface area contributed by atoms with E-state index < -0.39 is 0 Å². The highest BCUT2D eigenvalue weighted by Crippen LogP contribution is 2.29. The molecule has 0 aromatic heterocycles. The fourth-order valence-electron chi connectivity index (χ4n) is 1.66. The normalized spacial score (nSPS) is 16.2. The third kappa shape index (κ3) is 2.25. The van der Waals surface area contributed by atoms with Gasteiger partial charge in [0.1, 0.15) is 5.75 Å². The van der Waals surface area contributed by atoms with Crippen molar-refractivity contribution in [2.75, 3.05) is 25.1 Å². The minimum atomic E-state index is -0.289. The molecular weight excluding hydrogens is 244 g/mol. The number of hydrogen-bond donors (Lipinski definition) is 1. The zero-order valence-corrected chi connectivity index (χ0v) is 9.95. The van der Waals surface area contributed by atoms with Crippen molar-refractivity contribution in [2.24, 2.45) is 0 Å². The van der Waals surface area contributed by atoms with E-state index in [9.17, 15) is 9.59 Å². The average molecular weight is 255 g/mol. The first kappa shape index (κ1) is 11.9. The van der Waals surface area contributed by atoms with Crippen LogP contribution in [-0.4, -0.2) is 32.0 Å². The molecule has 0 saturated carbocycles. The van der Waals surface area contributed by atoms with Crippen molar-refractivity contribution in [3.8, 4) is 5.75 Å². The summed E-state index contributed by atoms with van der Waals surface area (Å²) >= 11 is 5.95. The van der Waals surface area contributed by atoms with E-state index in [0.717, 1.165) is 4.90 Å². The number of halogens is 1. The number of carbonyl (C=O) groups excluding carboxylic acids is 2. The highest BCUT2D eigenvalue weighted by Gasteiger charge is 2.27. The number of carbonyl (C=O) groups is 2. The molecule has 1 aliphatic rings. The maximum Gasteiger partial charge on any atom is 0.247 e. The van der Waals surface area contributed by atoms with Crippen LogP contribution in [0.15, 0.2) is 18.2 Å². The standard InChI is InChI=1S/C11H11ClN2O3/c1-17-9-3-2-7(4-8(9)12)14-10(15)5-13-6-11(14)16/h2-4,13H,5-6H2,1H3. The van der Waals surface area contributed by atoms with Crippen molar-refractivity contribution in [2.45, 2.75) is 0 Å². The van der Waals surface area contributed by atoms with Crippen LogP contribution in [0.4, 0.5) is 5.69 Å². The Hall–Kier alpha value is -1.59. The van der Waals surface area contributed by atoms with E-state index in [0.29, 0.717) is 16.5 Å². The molecule has 1 heterocycles. The van der Waals surface area contributed by atoms with Crippen LogP contribution >= 0.6 is 11.6 Å². The van der Waals surface area contributed by atoms with Crippen molar-refractivity contribution in [3.05, 3.63) is 23.2 Å². The van der Waals surface area contributed by atoms with Gasteiger partial charge in [0, 0.05) is 0 Å². The lowest BCUT2D eigenvalue weighted by Crippen LogP contribution is -2.52. The number of piperazine rings is 1. The topological polar surface area (TPSA) is 58.6 Å². The number of anilines is 1. The summed E-state index contributed by atoms with van der Waals surface area (Å²) in [4.78, 5) is 24.4. The van der Waals surface area contributed by atoms with Gasteiger partial charge in [0.2, 0.25) is 11.8 Å². The van der Waals surface area contributed by atoms with Crippen LogP contribution in [-0.2, 0) is 9.59 Å². The van der Waals surface area contributed by atoms with Crippen LogP contribution in [0.25, 0.3) is 0 Å². The Morgan fingerprint density at radius 3 is 2.47 bits per heavy atom. The lowest BCUT2D eigenvalue weighted by atomic mass is 10.2. The van der Waals surface area contributed by atoms with Crippen LogP contribution in [0.3, 0.4) is 0 Å². The smallest absolute Gasteiger partial charge is 0.247 e. The van der Waals surface area contributed by atoms with Gasteiger partial charge in [0.25, 0.3) is 0 Å². The molecule has 2 amide bonds. The molecule has 0 aliphatic carbocycles. The van der Waals surface area contributed by atoms with Gasteiger partial charge in [-0.15, -0.1) is 0 Å². The summed E-state index contributed by atoms with van der Waals surface area (Å²) in [6.07, 6.45) is 0. The number of methoxy groups -OCH3 is 1. The Labute approximate surface area is 103 Å². The van der Waals surface area contributed by atoms with Crippen molar-refractivity contribution < 1.29 is 14.3 Å². The lowest BCUT2D eigenvalue weighted by Gasteiger charge is -2.25. The summed E-state index contributed by atoms with van der Waals surface area (Å²) in [5.41, 5.74) is 0.465. The second-order valence-electron chi connectivity index (χ2n) is 3.55. The molecule has 1 aromatic rings. The minimum Gasteiger partial charge on any atom is -0.495 e. The molecule has 0 unspecified atom stereocenters. The Morgan fingerprint density at radius 1 is 1.29 bits per heavy atom. The SMILES string of the molecule is COc1ccc(N2C(=O)CNCC2=O)cc1Cl. The summed E-state index contributed by atoms with van der Waals surface area (Å²) < 4.78 is 5.01. The zero-order valence-electron chi connectivity index (χ0n) is 9.20. The molecule has 0 bridgehead atoms. The van der Waals surface area contributed by atoms with Crippen LogP contribution < -0.4 is 15.0 Å². The highest BCUT2D eigenvalue weighted by atomic mass is 35.5. The third-order valence-electron chi connectivity index (χ3n) is 2.44. The molecule has 6 heteroatoms. The molecular formula is C11H11ClN2O3. The van der Waals surface area contributed by atoms with Gasteiger partial charge < -0.3 is 4.74 Å². The maximum atomic E-state index is 11.6. The molecule has 5 nitrogen and oxygen atoms in total. The summed E-state index contributed by atoms with van der Waals surface area (Å²) in [5.74, 6) is -0.0737. The lowest BCUT2D eigenvalue weighted by molar-refractivity contribution is -0.127. The fourth-order valence-corrected chi connectivity index (χ4v) is 1.91. The summed E-state index contributed by atoms with van der Waals surface area (Å²) in [5, 5.41) is 3.09. The minimum absolute atomic E-state index is 0.148. The largest absolute Gasteiger partial charge is 0.495 e. The number of benzene rings is 1. The first-order chi connectivity index (χ1) is 8.13. The summed E-state index contributed by atoms with van der Waals surface area (Å²) in [6, 6.07) is 4.80. The molecule has 2 rings (SSSR count). The Balaban J connectivity index is 2.35. The molecule has 1 fully saturated rings. The van der Waals surface area contributed by atoms with Gasteiger partial charge in [-0.05, 0) is 18.2 Å². The zero-order chi connectivity index (χ0) is 12.4. The second kappa shape index (κ2) is 4.73. The molecule has 0 atom stereocenters. The van der Waals surface area contributed by atoms with Crippen LogP contribution in [0.5, 0.6) is 5.75 Å². The van der Waals surface area contributed by atoms with Gasteiger partial charge >= 0.3 is 0 Å². The monoisotopic (exact) mass is 254 g/mol. The number of rotatable bonds is 2. The van der Waals surface area contributed by atoms with Gasteiger partial charge in [0.15, 0.2) is 0 Å². The maximum absolute atomic E-state index is 11.6. The van der Waals surface area contributed by atoms with E-state index >= 15 is 0 Å². The summed E-state index contributed by atoms with van der Waals surface area (Å²) in [7, 11) is 1.50. The van der Waals surface area contributed by atoms with Gasteiger partial charge in [-0.1, -0.05) is 11.6 Å². The number of ether oxygens (including phenoxy) is 1. The average Bonchev–Trinajstić information content (AvgIpc) is 2.29. The first-order valence-electron chi connectivity index (χ1n) is 5.03. The van der Waals surface area contributed by atoms with E-state index in [-0.39, 0.29) is 24.9 Å². The summed E-state index contributed by atoms with van der Waals surface area (Å²) in [6.45, 7) is 0.296. The van der Waals surface area contributed by atoms with Crippen molar-refractivity contribution in [3.63, 3.8) is 0 Å². The van der Waals surface area contributed by atoms with Crippen molar-refractivity contribution in [1.82, 2.24) is 5.32 Å². The first-order valence-corrected chi connectivity index (χ1v) is 5.41. The fraction of sp³-hybridized carbons (Fsp3) is 0.273. The van der Waals surface area contributed by atoms with Crippen LogP contribution in [0, 0.1) is 0 Å². The molecule has 90 valence electrons. The molecule has 1 N–H and O–H groups in total. The number of hydrogen-bond acceptors (Lipinski definition) is 4. The second-order valence-corrected chi connectivity index (χ2v) is 3.95. The third-order valence-corrected chi connectivity index (χ3v) is 2.74. The molecule has 1 saturated heterocycles. The van der Waals surface area contributed by atoms with Crippen molar-refractivity contribution in [1.29, 1.82) is 0 Å². The van der Waals surface area contributed by atoms with E-state index in [1.807, 2.05) is 0 Å². The predicted molar refractivity (Wildman–Crippen MR) is 63.4 cm³/mol. The number of imide groups is 1. The predicted octanol–water partition coefficient (Wildman–Crippen LogP) is 0.811. The highest BCUT2D eigenvalue weighted by molar-refractivity contribution is 6.32. The Bertz CT molecular complexity index is 460. The van der Waals surface area contributed by atoms with Gasteiger partial charge in [0.05, 0.1) is 30.9 Å². The number of amides is 2. The van der Waals surface area contributed by atoms with Crippen molar-refractivity contribution >= 4 is 29.1 Å². The van der Waals surface area contributed by atoms with E-state index in [1.165, 1.54) is 7.11 Å². The van der Waals surface area contributed by atoms with Gasteiger partial charge in [-0.3, -0.25) is 14.9 Å². The van der Waals surface area contributed by atoms with Crippen LogP contribution in [0.1, 0.15) is 0 Å². The number of nitrogens with zero attached hydrogens (tertiary/aromatic N) is 1. The van der Waals surface area contributed by atoms with E-state index in [2.05, 4.69) is 5.32 Å². The quantitative estimate of drug-likeness (QED) is 0.794. The molecule has 17 heavy (non-hydrogen) atoms. The van der Waals surface area contributed by atoms with E-state index in [4.69, 9.17) is 16.3 Å². The Kier molecular flexibility index (Phi) is 3.31.